The predicted octanol–water partition coefficient (Wildman–Crippen LogP) is 1.19. The van der Waals surface area contributed by atoms with Crippen LogP contribution in [0.4, 0.5) is 0 Å². The van der Waals surface area contributed by atoms with E-state index < -0.39 is 17.4 Å². The Morgan fingerprint density at radius 1 is 1.12 bits per heavy atom. The van der Waals surface area contributed by atoms with Gasteiger partial charge in [0, 0.05) is 0 Å². The van der Waals surface area contributed by atoms with Gasteiger partial charge in [-0.2, -0.15) is 0 Å². The molecule has 2 rings (SSSR count). The van der Waals surface area contributed by atoms with Crippen LogP contribution in [0.2, 0.25) is 0 Å². The molecule has 0 radical (unpaired) electrons. The second kappa shape index (κ2) is 3.78. The molecule has 0 spiro atoms. The van der Waals surface area contributed by atoms with Crippen LogP contribution in [0.25, 0.3) is 0 Å². The van der Waals surface area contributed by atoms with Gasteiger partial charge in [-0.25, -0.2) is 4.84 Å². The minimum absolute atomic E-state index is 0.291. The predicted molar refractivity (Wildman–Crippen MR) is 58.2 cm³/mol. The van der Waals surface area contributed by atoms with Crippen molar-refractivity contribution in [2.45, 2.75) is 19.4 Å². The fraction of sp³-hybridized carbons (Fsp3) is 0.250. The van der Waals surface area contributed by atoms with Gasteiger partial charge in [-0.1, -0.05) is 12.1 Å². The Bertz CT molecular complexity index is 472. The molecule has 5 heteroatoms. The maximum absolute atomic E-state index is 11.9. The van der Waals surface area contributed by atoms with Crippen molar-refractivity contribution in [2.75, 3.05) is 0 Å². The molecule has 0 fully saturated rings. The van der Waals surface area contributed by atoms with E-state index in [1.54, 1.807) is 24.3 Å². The molecule has 0 atom stereocenters. The summed E-state index contributed by atoms with van der Waals surface area (Å²) in [5, 5.41) is 0.638. The molecular weight excluding hydrogens is 222 g/mol. The van der Waals surface area contributed by atoms with E-state index in [4.69, 9.17) is 4.84 Å². The molecule has 0 N–H and O–H groups in total. The van der Waals surface area contributed by atoms with Crippen LogP contribution < -0.4 is 0 Å². The summed E-state index contributed by atoms with van der Waals surface area (Å²) in [6.07, 6.45) is 0.538. The first-order valence-electron chi connectivity index (χ1n) is 5.09. The summed E-state index contributed by atoms with van der Waals surface area (Å²) in [6, 6.07) is 6.43. The van der Waals surface area contributed by atoms with Gasteiger partial charge < -0.3 is 4.79 Å². The van der Waals surface area contributed by atoms with Crippen LogP contribution in [-0.4, -0.2) is 28.8 Å². The number of rotatable bonds is 3. The number of hydrogen-bond donors (Lipinski definition) is 0. The van der Waals surface area contributed by atoms with Gasteiger partial charge in [0.25, 0.3) is 11.8 Å². The largest absolute Gasteiger partial charge is 0.300 e. The number of imide groups is 1. The van der Waals surface area contributed by atoms with Gasteiger partial charge in [-0.05, 0) is 26.0 Å². The Morgan fingerprint density at radius 2 is 1.59 bits per heavy atom. The summed E-state index contributed by atoms with van der Waals surface area (Å²) >= 11 is 0. The standard InChI is InChI=1S/C12H11NO4/c1-12(2,7-14)17-13-10(15)8-5-3-4-6-9(8)11(13)16/h3-7H,1-2H3. The van der Waals surface area contributed by atoms with Crippen molar-refractivity contribution in [3.63, 3.8) is 0 Å². The van der Waals surface area contributed by atoms with Crippen molar-refractivity contribution < 1.29 is 19.2 Å². The summed E-state index contributed by atoms with van der Waals surface area (Å²) in [5.74, 6) is -1.08. The molecule has 0 unspecified atom stereocenters. The number of carbonyl (C=O) groups is 3. The van der Waals surface area contributed by atoms with Gasteiger partial charge in [-0.3, -0.25) is 9.59 Å². The van der Waals surface area contributed by atoms with E-state index in [-0.39, 0.29) is 0 Å². The average molecular weight is 233 g/mol. The highest BCUT2D eigenvalue weighted by Gasteiger charge is 2.39. The van der Waals surface area contributed by atoms with Crippen LogP contribution in [0.15, 0.2) is 24.3 Å². The summed E-state index contributed by atoms with van der Waals surface area (Å²) in [6.45, 7) is 2.95. The number of hydroxylamine groups is 2. The Kier molecular flexibility index (Phi) is 2.55. The fourth-order valence-corrected chi connectivity index (χ4v) is 1.51. The molecule has 0 aliphatic carbocycles. The maximum atomic E-state index is 11.9. The molecule has 1 aliphatic rings. The number of hydrogen-bond acceptors (Lipinski definition) is 4. The summed E-state index contributed by atoms with van der Waals surface area (Å²) < 4.78 is 0. The van der Waals surface area contributed by atoms with E-state index in [9.17, 15) is 14.4 Å². The Hall–Kier alpha value is -2.01. The van der Waals surface area contributed by atoms with Crippen LogP contribution in [0.5, 0.6) is 0 Å². The normalized spacial score (nSPS) is 15.1. The molecule has 17 heavy (non-hydrogen) atoms. The minimum atomic E-state index is -1.21. The highest BCUT2D eigenvalue weighted by atomic mass is 16.7. The van der Waals surface area contributed by atoms with Crippen LogP contribution in [0.3, 0.4) is 0 Å². The Balaban J connectivity index is 2.34. The average Bonchev–Trinajstić information content (AvgIpc) is 2.55. The minimum Gasteiger partial charge on any atom is -0.300 e. The lowest BCUT2D eigenvalue weighted by Crippen LogP contribution is -2.40. The van der Waals surface area contributed by atoms with Gasteiger partial charge in [0.05, 0.1) is 11.1 Å². The highest BCUT2D eigenvalue weighted by Crippen LogP contribution is 2.24. The molecule has 1 heterocycles. The zero-order chi connectivity index (χ0) is 12.6. The summed E-state index contributed by atoms with van der Waals surface area (Å²) in [7, 11) is 0. The third-order valence-electron chi connectivity index (χ3n) is 2.37. The van der Waals surface area contributed by atoms with Crippen molar-refractivity contribution in [1.29, 1.82) is 0 Å². The van der Waals surface area contributed by atoms with E-state index in [2.05, 4.69) is 0 Å². The smallest absolute Gasteiger partial charge is 0.285 e. The number of carbonyl (C=O) groups excluding carboxylic acids is 3. The summed E-state index contributed by atoms with van der Waals surface area (Å²) in [5.41, 5.74) is -0.633. The zero-order valence-electron chi connectivity index (χ0n) is 9.47. The first-order chi connectivity index (χ1) is 7.96. The topological polar surface area (TPSA) is 63.7 Å². The Labute approximate surface area is 97.9 Å². The second-order valence-corrected chi connectivity index (χ2v) is 4.26. The number of aldehydes is 1. The van der Waals surface area contributed by atoms with Crippen LogP contribution >= 0.6 is 0 Å². The van der Waals surface area contributed by atoms with Crippen molar-refractivity contribution in [3.05, 3.63) is 35.4 Å². The number of fused-ring (bicyclic) bond motifs is 1. The molecule has 1 aromatic rings. The molecule has 0 aromatic heterocycles. The van der Waals surface area contributed by atoms with Gasteiger partial charge in [-0.15, -0.1) is 5.06 Å². The first-order valence-corrected chi connectivity index (χ1v) is 5.09. The zero-order valence-corrected chi connectivity index (χ0v) is 9.47. The molecule has 5 nitrogen and oxygen atoms in total. The molecule has 2 amide bonds. The number of benzene rings is 1. The fourth-order valence-electron chi connectivity index (χ4n) is 1.51. The molecule has 0 saturated carbocycles. The van der Waals surface area contributed by atoms with Crippen molar-refractivity contribution in [1.82, 2.24) is 5.06 Å². The van der Waals surface area contributed by atoms with Gasteiger partial charge >= 0.3 is 0 Å². The van der Waals surface area contributed by atoms with Gasteiger partial charge in [0.1, 0.15) is 5.60 Å². The van der Waals surface area contributed by atoms with Crippen LogP contribution in [0, 0.1) is 0 Å². The molecule has 1 aliphatic heterocycles. The van der Waals surface area contributed by atoms with E-state index in [0.717, 1.165) is 0 Å². The van der Waals surface area contributed by atoms with Crippen LogP contribution in [0.1, 0.15) is 34.6 Å². The van der Waals surface area contributed by atoms with Crippen LogP contribution in [-0.2, 0) is 9.63 Å². The van der Waals surface area contributed by atoms with Gasteiger partial charge in [0.15, 0.2) is 6.29 Å². The quantitative estimate of drug-likeness (QED) is 0.581. The number of nitrogens with zero attached hydrogens (tertiary/aromatic N) is 1. The maximum Gasteiger partial charge on any atom is 0.285 e. The molecule has 0 bridgehead atoms. The first kappa shape index (κ1) is 11.5. The lowest BCUT2D eigenvalue weighted by atomic mass is 10.1. The van der Waals surface area contributed by atoms with E-state index in [0.29, 0.717) is 22.5 Å². The number of amides is 2. The summed E-state index contributed by atoms with van der Waals surface area (Å²) in [4.78, 5) is 39.6. The third-order valence-corrected chi connectivity index (χ3v) is 2.37. The van der Waals surface area contributed by atoms with E-state index in [1.807, 2.05) is 0 Å². The SMILES string of the molecule is CC(C)(C=O)ON1C(=O)c2ccccc2C1=O. The van der Waals surface area contributed by atoms with Gasteiger partial charge in [0.2, 0.25) is 0 Å². The van der Waals surface area contributed by atoms with Crippen molar-refractivity contribution in [2.24, 2.45) is 0 Å². The lowest BCUT2D eigenvalue weighted by Gasteiger charge is -2.23. The lowest BCUT2D eigenvalue weighted by molar-refractivity contribution is -0.174. The highest BCUT2D eigenvalue weighted by molar-refractivity contribution is 6.20. The second-order valence-electron chi connectivity index (χ2n) is 4.26. The monoisotopic (exact) mass is 233 g/mol. The molecular formula is C12H11NO4. The van der Waals surface area contributed by atoms with Crippen molar-refractivity contribution >= 4 is 18.1 Å². The third kappa shape index (κ3) is 1.85. The van der Waals surface area contributed by atoms with E-state index in [1.165, 1.54) is 13.8 Å². The molecule has 1 aromatic carbocycles. The van der Waals surface area contributed by atoms with Crippen molar-refractivity contribution in [3.8, 4) is 0 Å². The Morgan fingerprint density at radius 3 is 2.00 bits per heavy atom. The van der Waals surface area contributed by atoms with E-state index >= 15 is 0 Å². The molecule has 0 saturated heterocycles. The molecule has 88 valence electrons.